The molecule has 2 N–H and O–H groups in total. The molecule has 1 aromatic carbocycles. The van der Waals surface area contributed by atoms with Crippen molar-refractivity contribution in [2.45, 2.75) is 57.4 Å². The van der Waals surface area contributed by atoms with Gasteiger partial charge in [0.15, 0.2) is 0 Å². The number of benzene rings is 1. The first-order valence-corrected chi connectivity index (χ1v) is 10.6. The maximum atomic E-state index is 12.8. The second-order valence-corrected chi connectivity index (χ2v) is 8.60. The van der Waals surface area contributed by atoms with Gasteiger partial charge in [-0.1, -0.05) is 6.07 Å². The van der Waals surface area contributed by atoms with Crippen LogP contribution in [0.2, 0.25) is 0 Å². The topological polar surface area (TPSA) is 110 Å². The molecule has 30 heavy (non-hydrogen) atoms. The zero-order valence-corrected chi connectivity index (χ0v) is 17.1. The van der Waals surface area contributed by atoms with E-state index in [-0.39, 0.29) is 23.9 Å². The Balaban J connectivity index is 1.51. The van der Waals surface area contributed by atoms with Crippen molar-refractivity contribution in [2.75, 3.05) is 0 Å². The highest BCUT2D eigenvalue weighted by molar-refractivity contribution is 6.00. The van der Waals surface area contributed by atoms with E-state index in [0.29, 0.717) is 17.9 Å². The molecule has 2 fully saturated rings. The van der Waals surface area contributed by atoms with Gasteiger partial charge in [-0.05, 0) is 68.6 Å². The van der Waals surface area contributed by atoms with Crippen LogP contribution in [0.4, 0.5) is 0 Å². The number of carboxylic acids is 1. The number of fused-ring (bicyclic) bond motifs is 1. The van der Waals surface area contributed by atoms with Gasteiger partial charge in [0.1, 0.15) is 6.04 Å². The van der Waals surface area contributed by atoms with Crippen LogP contribution in [0.15, 0.2) is 23.0 Å². The van der Waals surface area contributed by atoms with Gasteiger partial charge in [-0.3, -0.25) is 28.8 Å². The van der Waals surface area contributed by atoms with E-state index < -0.39 is 17.9 Å². The van der Waals surface area contributed by atoms with Crippen LogP contribution in [0.3, 0.4) is 0 Å². The van der Waals surface area contributed by atoms with Crippen molar-refractivity contribution in [1.29, 1.82) is 0 Å². The molecule has 1 saturated heterocycles. The number of hydrogen-bond donors (Lipinski definition) is 2. The smallest absolute Gasteiger partial charge is 0.329 e. The van der Waals surface area contributed by atoms with Crippen LogP contribution in [-0.4, -0.2) is 32.0 Å². The van der Waals surface area contributed by atoms with Gasteiger partial charge < -0.3 is 5.11 Å². The van der Waals surface area contributed by atoms with E-state index in [4.69, 9.17) is 5.11 Å². The lowest BCUT2D eigenvalue weighted by Gasteiger charge is -2.26. The molecule has 0 radical (unpaired) electrons. The Hall–Kier alpha value is -2.90. The number of aryl methyl sites for hydroxylation is 2. The van der Waals surface area contributed by atoms with E-state index >= 15 is 0 Å². The number of carbonyl (C=O) groups excluding carboxylic acids is 2. The van der Waals surface area contributed by atoms with E-state index in [2.05, 4.69) is 5.32 Å². The summed E-state index contributed by atoms with van der Waals surface area (Å²) in [6.45, 7) is 0. The lowest BCUT2D eigenvalue weighted by atomic mass is 9.79. The predicted octanol–water partition coefficient (Wildman–Crippen LogP) is 2.14. The van der Waals surface area contributed by atoms with Crippen LogP contribution < -0.4 is 11.0 Å². The van der Waals surface area contributed by atoms with Gasteiger partial charge in [0.25, 0.3) is 0 Å². The van der Waals surface area contributed by atoms with Crippen molar-refractivity contribution < 1.29 is 19.5 Å². The SMILES string of the molecule is Cn1c(=O)n(C2CCC(=O)NC2=O)c2ccc(CCC3CCC(C(=O)O)CC3)cc21. The first kappa shape index (κ1) is 20.4. The number of imidazole rings is 1. The highest BCUT2D eigenvalue weighted by Gasteiger charge is 2.31. The van der Waals surface area contributed by atoms with Gasteiger partial charge in [0.05, 0.1) is 17.0 Å². The van der Waals surface area contributed by atoms with Crippen molar-refractivity contribution in [3.05, 3.63) is 34.2 Å². The number of rotatable bonds is 5. The van der Waals surface area contributed by atoms with E-state index in [0.717, 1.165) is 49.6 Å². The lowest BCUT2D eigenvalue weighted by Crippen LogP contribution is -2.44. The van der Waals surface area contributed by atoms with Crippen LogP contribution in [0, 0.1) is 11.8 Å². The molecule has 1 unspecified atom stereocenters. The number of aliphatic carboxylic acids is 1. The molecule has 4 rings (SSSR count). The van der Waals surface area contributed by atoms with Crippen molar-refractivity contribution >= 4 is 28.8 Å². The summed E-state index contributed by atoms with van der Waals surface area (Å²) in [7, 11) is 1.70. The number of carbonyl (C=O) groups is 3. The maximum absolute atomic E-state index is 12.8. The number of nitrogens with zero attached hydrogens (tertiary/aromatic N) is 2. The summed E-state index contributed by atoms with van der Waals surface area (Å²) in [4.78, 5) is 47.7. The molecule has 1 saturated carbocycles. The summed E-state index contributed by atoms with van der Waals surface area (Å²) in [5.41, 5.74) is 2.34. The van der Waals surface area contributed by atoms with E-state index in [1.165, 1.54) is 4.57 Å². The Morgan fingerprint density at radius 3 is 2.50 bits per heavy atom. The van der Waals surface area contributed by atoms with E-state index in [9.17, 15) is 19.2 Å². The monoisotopic (exact) mass is 413 g/mol. The Bertz CT molecular complexity index is 1060. The fourth-order valence-corrected chi connectivity index (χ4v) is 4.86. The van der Waals surface area contributed by atoms with Crippen LogP contribution >= 0.6 is 0 Å². The summed E-state index contributed by atoms with van der Waals surface area (Å²) in [5, 5.41) is 11.5. The molecule has 2 aliphatic rings. The highest BCUT2D eigenvalue weighted by atomic mass is 16.4. The van der Waals surface area contributed by atoms with E-state index in [1.807, 2.05) is 18.2 Å². The van der Waals surface area contributed by atoms with Crippen molar-refractivity contribution in [2.24, 2.45) is 18.9 Å². The standard InChI is InChI=1S/C22H27N3O5/c1-24-18-12-14(3-2-13-4-7-15(8-5-13)21(28)29)6-9-16(18)25(22(24)30)17-10-11-19(26)23-20(17)27/h6,9,12-13,15,17H,2-5,7-8,10-11H2,1H3,(H,28,29)(H,23,26,27). The van der Waals surface area contributed by atoms with Crippen molar-refractivity contribution in [3.63, 3.8) is 0 Å². The molecule has 8 nitrogen and oxygen atoms in total. The zero-order valence-electron chi connectivity index (χ0n) is 17.1. The average Bonchev–Trinajstić information content (AvgIpc) is 2.97. The number of nitrogens with one attached hydrogen (secondary N) is 1. The fourth-order valence-electron chi connectivity index (χ4n) is 4.86. The molecule has 1 aliphatic carbocycles. The van der Waals surface area contributed by atoms with Gasteiger partial charge in [0.2, 0.25) is 11.8 Å². The molecule has 0 bridgehead atoms. The quantitative estimate of drug-likeness (QED) is 0.730. The minimum absolute atomic E-state index is 0.195. The lowest BCUT2D eigenvalue weighted by molar-refractivity contribution is -0.143. The fraction of sp³-hybridized carbons (Fsp3) is 0.545. The first-order chi connectivity index (χ1) is 14.3. The largest absolute Gasteiger partial charge is 0.481 e. The minimum Gasteiger partial charge on any atom is -0.481 e. The van der Waals surface area contributed by atoms with Gasteiger partial charge in [-0.25, -0.2) is 4.79 Å². The van der Waals surface area contributed by atoms with Gasteiger partial charge in [-0.2, -0.15) is 0 Å². The number of amides is 2. The Morgan fingerprint density at radius 1 is 1.10 bits per heavy atom. The van der Waals surface area contributed by atoms with Crippen LogP contribution in [0.1, 0.15) is 56.6 Å². The van der Waals surface area contributed by atoms with Gasteiger partial charge in [-0.15, -0.1) is 0 Å². The molecule has 0 spiro atoms. The summed E-state index contributed by atoms with van der Waals surface area (Å²) < 4.78 is 3.05. The number of carboxylic acid groups (broad SMARTS) is 1. The summed E-state index contributed by atoms with van der Waals surface area (Å²) in [5.74, 6) is -1.07. The normalized spacial score (nSPS) is 24.8. The zero-order chi connectivity index (χ0) is 21.4. The van der Waals surface area contributed by atoms with Crippen molar-refractivity contribution in [1.82, 2.24) is 14.5 Å². The second-order valence-electron chi connectivity index (χ2n) is 8.60. The van der Waals surface area contributed by atoms with Crippen LogP contribution in [0.25, 0.3) is 11.0 Å². The van der Waals surface area contributed by atoms with E-state index in [1.54, 1.807) is 11.6 Å². The van der Waals surface area contributed by atoms with Gasteiger partial charge in [0, 0.05) is 13.5 Å². The molecular formula is C22H27N3O5. The summed E-state index contributed by atoms with van der Waals surface area (Å²) in [6.07, 6.45) is 5.82. The number of piperidine rings is 1. The van der Waals surface area contributed by atoms with Crippen molar-refractivity contribution in [3.8, 4) is 0 Å². The predicted molar refractivity (Wildman–Crippen MR) is 110 cm³/mol. The first-order valence-electron chi connectivity index (χ1n) is 10.6. The number of aromatic nitrogens is 2. The molecule has 2 amide bonds. The van der Waals surface area contributed by atoms with Crippen LogP contribution in [-0.2, 0) is 27.9 Å². The minimum atomic E-state index is -0.680. The highest BCUT2D eigenvalue weighted by Crippen LogP contribution is 2.32. The summed E-state index contributed by atoms with van der Waals surface area (Å²) >= 11 is 0. The number of hydrogen-bond acceptors (Lipinski definition) is 4. The third-order valence-corrected chi connectivity index (χ3v) is 6.71. The molecular weight excluding hydrogens is 386 g/mol. The van der Waals surface area contributed by atoms with Gasteiger partial charge >= 0.3 is 11.7 Å². The third-order valence-electron chi connectivity index (χ3n) is 6.71. The Labute approximate surface area is 173 Å². The molecule has 2 aromatic rings. The van der Waals surface area contributed by atoms with Crippen LogP contribution in [0.5, 0.6) is 0 Å². The summed E-state index contributed by atoms with van der Waals surface area (Å²) in [6, 6.07) is 5.21. The maximum Gasteiger partial charge on any atom is 0.329 e. The molecule has 2 heterocycles. The third kappa shape index (κ3) is 3.78. The second kappa shape index (κ2) is 8.08. The molecule has 1 aliphatic heterocycles. The molecule has 8 heteroatoms. The Morgan fingerprint density at radius 2 is 1.83 bits per heavy atom. The Kier molecular flexibility index (Phi) is 5.49. The molecule has 160 valence electrons. The molecule has 1 atom stereocenters. The average molecular weight is 413 g/mol. The number of imide groups is 1. The molecule has 1 aromatic heterocycles.